The first-order valence-electron chi connectivity index (χ1n) is 4.82. The van der Waals surface area contributed by atoms with Gasteiger partial charge < -0.3 is 5.73 Å². The summed E-state index contributed by atoms with van der Waals surface area (Å²) in [5.74, 6) is 0. The number of hydrogen-bond donors (Lipinski definition) is 1. The van der Waals surface area contributed by atoms with Gasteiger partial charge in [0.1, 0.15) is 6.20 Å². The zero-order valence-corrected chi connectivity index (χ0v) is 10.7. The molecule has 0 aliphatic rings. The van der Waals surface area contributed by atoms with Gasteiger partial charge in [0.15, 0.2) is 0 Å². The molecule has 1 aromatic heterocycles. The number of nitrogens with zero attached hydrogens (tertiary/aromatic N) is 3. The highest BCUT2D eigenvalue weighted by molar-refractivity contribution is 6.37. The van der Waals surface area contributed by atoms with E-state index in [0.29, 0.717) is 0 Å². The number of nitrogen functional groups attached to an aromatic ring is 1. The summed E-state index contributed by atoms with van der Waals surface area (Å²) >= 11 is 11.8. The first kappa shape index (κ1) is 12.7. The Morgan fingerprint density at radius 3 is 2.56 bits per heavy atom. The topological polar surface area (TPSA) is 82.9 Å². The fourth-order valence-corrected chi connectivity index (χ4v) is 1.82. The average Bonchev–Trinajstić information content (AvgIpc) is 2.32. The monoisotopic (exact) mass is 286 g/mol. The van der Waals surface area contributed by atoms with Crippen LogP contribution in [0.3, 0.4) is 0 Å². The maximum Gasteiger partial charge on any atom is 0.351 e. The van der Waals surface area contributed by atoms with E-state index in [1.54, 1.807) is 0 Å². The Kier molecular flexibility index (Phi) is 3.14. The lowest BCUT2D eigenvalue weighted by molar-refractivity contribution is 0.655. The van der Waals surface area contributed by atoms with E-state index >= 15 is 0 Å². The van der Waals surface area contributed by atoms with E-state index in [-0.39, 0.29) is 21.4 Å². The first-order valence-corrected chi connectivity index (χ1v) is 5.57. The Morgan fingerprint density at radius 2 is 1.89 bits per heavy atom. The maximum atomic E-state index is 11.9. The number of hydrogen-bond acceptors (Lipinski definition) is 4. The minimum absolute atomic E-state index is 0.211. The lowest BCUT2D eigenvalue weighted by Gasteiger charge is -2.09. The van der Waals surface area contributed by atoms with E-state index in [1.807, 2.05) is 0 Å². The molecule has 0 aliphatic heterocycles. The summed E-state index contributed by atoms with van der Waals surface area (Å²) < 4.78 is 1.89. The highest BCUT2D eigenvalue weighted by Gasteiger charge is 2.11. The van der Waals surface area contributed by atoms with Crippen molar-refractivity contribution in [2.24, 2.45) is 7.05 Å². The molecule has 0 atom stereocenters. The number of nitrogens with two attached hydrogens (primary N) is 1. The van der Waals surface area contributed by atoms with Crippen LogP contribution in [0.4, 0.5) is 5.69 Å². The van der Waals surface area contributed by atoms with Gasteiger partial charge in [0.25, 0.3) is 5.56 Å². The molecule has 0 saturated heterocycles. The third kappa shape index (κ3) is 2.00. The molecular formula is C10H8Cl2N4O2. The summed E-state index contributed by atoms with van der Waals surface area (Å²) in [5, 5.41) is 4.22. The van der Waals surface area contributed by atoms with Crippen LogP contribution >= 0.6 is 23.2 Å². The quantitative estimate of drug-likeness (QED) is 0.787. The average molecular weight is 287 g/mol. The van der Waals surface area contributed by atoms with Crippen molar-refractivity contribution >= 4 is 28.9 Å². The molecule has 0 saturated carbocycles. The van der Waals surface area contributed by atoms with Gasteiger partial charge in [-0.3, -0.25) is 9.36 Å². The highest BCUT2D eigenvalue weighted by atomic mass is 35.5. The number of halogens is 2. The molecule has 8 heteroatoms. The van der Waals surface area contributed by atoms with Crippen molar-refractivity contribution < 1.29 is 0 Å². The van der Waals surface area contributed by atoms with E-state index in [9.17, 15) is 9.59 Å². The number of anilines is 1. The number of benzene rings is 1. The van der Waals surface area contributed by atoms with Crippen LogP contribution in [0.25, 0.3) is 5.69 Å². The van der Waals surface area contributed by atoms with E-state index in [2.05, 4.69) is 5.10 Å². The molecule has 18 heavy (non-hydrogen) atoms. The van der Waals surface area contributed by atoms with Crippen LogP contribution in [0, 0.1) is 0 Å². The standard InChI is InChI=1S/C10H8Cl2N4O2/c1-15-9(17)4-14-16(10(15)18)8-3-7(13)5(11)2-6(8)12/h2-4H,13H2,1H3. The molecule has 1 aromatic carbocycles. The fourth-order valence-electron chi connectivity index (χ4n) is 1.36. The van der Waals surface area contributed by atoms with Gasteiger partial charge in [-0.1, -0.05) is 23.2 Å². The zero-order chi connectivity index (χ0) is 13.4. The predicted octanol–water partition coefficient (Wildman–Crippen LogP) is 0.820. The smallest absolute Gasteiger partial charge is 0.351 e. The van der Waals surface area contributed by atoms with Crippen molar-refractivity contribution in [2.45, 2.75) is 0 Å². The molecular weight excluding hydrogens is 279 g/mol. The summed E-state index contributed by atoms with van der Waals surface area (Å²) in [4.78, 5) is 23.1. The van der Waals surface area contributed by atoms with Gasteiger partial charge in [-0.15, -0.1) is 0 Å². The molecule has 0 aliphatic carbocycles. The Morgan fingerprint density at radius 1 is 1.22 bits per heavy atom. The second-order valence-electron chi connectivity index (χ2n) is 3.56. The molecule has 0 fully saturated rings. The zero-order valence-electron chi connectivity index (χ0n) is 9.22. The minimum Gasteiger partial charge on any atom is -0.397 e. The van der Waals surface area contributed by atoms with Crippen LogP contribution in [0.5, 0.6) is 0 Å². The highest BCUT2D eigenvalue weighted by Crippen LogP contribution is 2.28. The summed E-state index contributed by atoms with van der Waals surface area (Å²) in [6.07, 6.45) is 1.02. The summed E-state index contributed by atoms with van der Waals surface area (Å²) in [5.41, 5.74) is 5.04. The van der Waals surface area contributed by atoms with Crippen molar-refractivity contribution in [1.29, 1.82) is 0 Å². The Hall–Kier alpha value is -1.79. The normalized spacial score (nSPS) is 10.6. The molecule has 2 N–H and O–H groups in total. The van der Waals surface area contributed by atoms with Gasteiger partial charge >= 0.3 is 5.69 Å². The van der Waals surface area contributed by atoms with Crippen molar-refractivity contribution in [3.05, 3.63) is 49.2 Å². The second kappa shape index (κ2) is 4.47. The lowest BCUT2D eigenvalue weighted by Crippen LogP contribution is -2.38. The Labute approximate surface area is 111 Å². The van der Waals surface area contributed by atoms with Crippen LogP contribution in [0.1, 0.15) is 0 Å². The van der Waals surface area contributed by atoms with E-state index in [0.717, 1.165) is 15.4 Å². The molecule has 0 spiro atoms. The van der Waals surface area contributed by atoms with Crippen molar-refractivity contribution in [3.63, 3.8) is 0 Å². The van der Waals surface area contributed by atoms with E-state index in [1.165, 1.54) is 19.2 Å². The molecule has 0 amide bonds. The van der Waals surface area contributed by atoms with Crippen molar-refractivity contribution in [3.8, 4) is 5.69 Å². The predicted molar refractivity (Wildman–Crippen MR) is 69.5 cm³/mol. The second-order valence-corrected chi connectivity index (χ2v) is 4.38. The van der Waals surface area contributed by atoms with E-state index in [4.69, 9.17) is 28.9 Å². The maximum absolute atomic E-state index is 11.9. The molecule has 6 nitrogen and oxygen atoms in total. The van der Waals surface area contributed by atoms with Gasteiger partial charge in [0, 0.05) is 7.05 Å². The molecule has 2 rings (SSSR count). The molecule has 0 bridgehead atoms. The van der Waals surface area contributed by atoms with Gasteiger partial charge in [0.05, 0.1) is 21.4 Å². The van der Waals surface area contributed by atoms with Crippen molar-refractivity contribution in [1.82, 2.24) is 14.3 Å². The van der Waals surface area contributed by atoms with Crippen LogP contribution in [0.2, 0.25) is 10.0 Å². The third-order valence-electron chi connectivity index (χ3n) is 2.38. The van der Waals surface area contributed by atoms with Crippen LogP contribution in [-0.2, 0) is 7.05 Å². The van der Waals surface area contributed by atoms with Gasteiger partial charge in [-0.25, -0.2) is 4.79 Å². The Bertz CT molecular complexity index is 736. The fraction of sp³-hybridized carbons (Fsp3) is 0.100. The summed E-state index contributed by atoms with van der Waals surface area (Å²) in [6.45, 7) is 0. The van der Waals surface area contributed by atoms with Crippen LogP contribution in [-0.4, -0.2) is 14.3 Å². The first-order chi connectivity index (χ1) is 8.41. The summed E-state index contributed by atoms with van der Waals surface area (Å²) in [7, 11) is 1.34. The van der Waals surface area contributed by atoms with Gasteiger partial charge in [-0.05, 0) is 12.1 Å². The lowest BCUT2D eigenvalue weighted by atomic mass is 10.3. The number of rotatable bonds is 1. The largest absolute Gasteiger partial charge is 0.397 e. The van der Waals surface area contributed by atoms with Gasteiger partial charge in [0.2, 0.25) is 0 Å². The molecule has 0 unspecified atom stereocenters. The SMILES string of the molecule is Cn1c(=O)cnn(-c2cc(N)c(Cl)cc2Cl)c1=O. The number of aromatic nitrogens is 3. The Balaban J connectivity index is 2.78. The third-order valence-corrected chi connectivity index (χ3v) is 3.01. The molecule has 94 valence electrons. The van der Waals surface area contributed by atoms with Gasteiger partial charge in [-0.2, -0.15) is 9.78 Å². The van der Waals surface area contributed by atoms with Crippen molar-refractivity contribution in [2.75, 3.05) is 5.73 Å². The summed E-state index contributed by atoms with van der Waals surface area (Å²) in [6, 6.07) is 2.83. The minimum atomic E-state index is -0.619. The van der Waals surface area contributed by atoms with Crippen LogP contribution < -0.4 is 17.0 Å². The van der Waals surface area contributed by atoms with E-state index < -0.39 is 11.2 Å². The molecule has 2 aromatic rings. The van der Waals surface area contributed by atoms with Crippen LogP contribution in [0.15, 0.2) is 27.9 Å². The molecule has 1 heterocycles. The molecule has 0 radical (unpaired) electrons.